The van der Waals surface area contributed by atoms with E-state index < -0.39 is 0 Å². The second kappa shape index (κ2) is 3.62. The van der Waals surface area contributed by atoms with Gasteiger partial charge in [-0.2, -0.15) is 0 Å². The van der Waals surface area contributed by atoms with Gasteiger partial charge in [-0.1, -0.05) is 12.5 Å². The van der Waals surface area contributed by atoms with Crippen LogP contribution < -0.4 is 11.5 Å². The smallest absolute Gasteiger partial charge is 0.00741 e. The summed E-state index contributed by atoms with van der Waals surface area (Å²) < 4.78 is 0. The summed E-state index contributed by atoms with van der Waals surface area (Å²) in [5.41, 5.74) is 12.5. The molecule has 1 aliphatic rings. The minimum atomic E-state index is 0.346. The highest BCUT2D eigenvalue weighted by molar-refractivity contribution is 4.98. The van der Waals surface area contributed by atoms with E-state index in [1.54, 1.807) is 0 Å². The quantitative estimate of drug-likeness (QED) is 0.529. The van der Waals surface area contributed by atoms with Gasteiger partial charge in [0.2, 0.25) is 0 Å². The monoisotopic (exact) mass is 140 g/mol. The molecule has 0 aliphatic heterocycles. The van der Waals surface area contributed by atoms with E-state index in [0.29, 0.717) is 6.04 Å². The molecule has 0 fully saturated rings. The maximum atomic E-state index is 5.77. The zero-order valence-electron chi connectivity index (χ0n) is 6.34. The maximum absolute atomic E-state index is 5.77. The number of hydrogen-bond donors (Lipinski definition) is 2. The van der Waals surface area contributed by atoms with Gasteiger partial charge in [-0.25, -0.2) is 0 Å². The Balaban J connectivity index is 2.42. The van der Waals surface area contributed by atoms with Crippen molar-refractivity contribution in [2.45, 2.75) is 38.1 Å². The van der Waals surface area contributed by atoms with E-state index in [-0.39, 0.29) is 0 Å². The Bertz CT molecular complexity index is 129. The van der Waals surface area contributed by atoms with Gasteiger partial charge in [-0.05, 0) is 25.7 Å². The van der Waals surface area contributed by atoms with Crippen LogP contribution in [0, 0.1) is 0 Å². The van der Waals surface area contributed by atoms with E-state index in [1.165, 1.54) is 12.8 Å². The second-order valence-electron chi connectivity index (χ2n) is 3.02. The summed E-state index contributed by atoms with van der Waals surface area (Å²) in [5, 5.41) is 0. The first-order valence-electron chi connectivity index (χ1n) is 3.99. The third-order valence-corrected chi connectivity index (χ3v) is 1.97. The Labute approximate surface area is 62.3 Å². The predicted octanol–water partition coefficient (Wildman–Crippen LogP) is 1.12. The SMILES string of the molecule is N/C1=C/CC(N)CCCC1. The molecule has 0 radical (unpaired) electrons. The Morgan fingerprint density at radius 3 is 3.00 bits per heavy atom. The Morgan fingerprint density at radius 1 is 1.40 bits per heavy atom. The minimum Gasteiger partial charge on any atom is -0.402 e. The van der Waals surface area contributed by atoms with Crippen molar-refractivity contribution < 1.29 is 0 Å². The largest absolute Gasteiger partial charge is 0.402 e. The van der Waals surface area contributed by atoms with Crippen LogP contribution in [0.5, 0.6) is 0 Å². The van der Waals surface area contributed by atoms with Crippen molar-refractivity contribution in [2.24, 2.45) is 11.5 Å². The van der Waals surface area contributed by atoms with Crippen molar-refractivity contribution in [1.82, 2.24) is 0 Å². The third kappa shape index (κ3) is 2.40. The van der Waals surface area contributed by atoms with Crippen LogP contribution in [0.2, 0.25) is 0 Å². The summed E-state index contributed by atoms with van der Waals surface area (Å²) in [6.45, 7) is 0. The molecule has 2 heteroatoms. The van der Waals surface area contributed by atoms with Crippen molar-refractivity contribution in [3.63, 3.8) is 0 Å². The normalized spacial score (nSPS) is 33.7. The third-order valence-electron chi connectivity index (χ3n) is 1.97. The van der Waals surface area contributed by atoms with Crippen LogP contribution in [0.25, 0.3) is 0 Å². The van der Waals surface area contributed by atoms with Crippen molar-refractivity contribution in [2.75, 3.05) is 0 Å². The fourth-order valence-electron chi connectivity index (χ4n) is 1.26. The summed E-state index contributed by atoms with van der Waals surface area (Å²) in [6.07, 6.45) is 7.69. The molecule has 1 aliphatic carbocycles. The molecule has 0 bridgehead atoms. The molecular weight excluding hydrogens is 124 g/mol. The number of hydrogen-bond acceptors (Lipinski definition) is 2. The molecule has 0 aromatic heterocycles. The first-order chi connectivity index (χ1) is 4.79. The lowest BCUT2D eigenvalue weighted by molar-refractivity contribution is 0.551. The molecule has 58 valence electrons. The molecule has 0 aromatic carbocycles. The standard InChI is InChI=1S/C8H16N2/c9-7-3-1-2-4-8(10)6-5-7/h5,8H,1-4,6,9-10H2/b7-5+. The molecular formula is C8H16N2. The van der Waals surface area contributed by atoms with E-state index >= 15 is 0 Å². The molecule has 1 rings (SSSR count). The van der Waals surface area contributed by atoms with E-state index in [9.17, 15) is 0 Å². The van der Waals surface area contributed by atoms with E-state index in [4.69, 9.17) is 11.5 Å². The molecule has 4 N–H and O–H groups in total. The highest BCUT2D eigenvalue weighted by atomic mass is 14.6. The van der Waals surface area contributed by atoms with Gasteiger partial charge in [-0.3, -0.25) is 0 Å². The highest BCUT2D eigenvalue weighted by Crippen LogP contribution is 2.12. The Hall–Kier alpha value is -0.500. The van der Waals surface area contributed by atoms with E-state index in [2.05, 4.69) is 6.08 Å². The van der Waals surface area contributed by atoms with Crippen molar-refractivity contribution in [3.05, 3.63) is 11.8 Å². The topological polar surface area (TPSA) is 52.0 Å². The number of nitrogens with two attached hydrogens (primary N) is 2. The van der Waals surface area contributed by atoms with Crippen LogP contribution in [0.3, 0.4) is 0 Å². The fourth-order valence-corrected chi connectivity index (χ4v) is 1.26. The fraction of sp³-hybridized carbons (Fsp3) is 0.750. The van der Waals surface area contributed by atoms with Gasteiger partial charge in [0.05, 0.1) is 0 Å². The van der Waals surface area contributed by atoms with Gasteiger partial charge < -0.3 is 11.5 Å². The van der Waals surface area contributed by atoms with Gasteiger partial charge in [0.25, 0.3) is 0 Å². The second-order valence-corrected chi connectivity index (χ2v) is 3.02. The van der Waals surface area contributed by atoms with Crippen molar-refractivity contribution >= 4 is 0 Å². The summed E-state index contributed by atoms with van der Waals surface area (Å²) in [6, 6.07) is 0.346. The Morgan fingerprint density at radius 2 is 2.20 bits per heavy atom. The van der Waals surface area contributed by atoms with Crippen molar-refractivity contribution in [1.29, 1.82) is 0 Å². The van der Waals surface area contributed by atoms with Crippen LogP contribution in [0.4, 0.5) is 0 Å². The van der Waals surface area contributed by atoms with Crippen LogP contribution in [-0.4, -0.2) is 6.04 Å². The van der Waals surface area contributed by atoms with Crippen molar-refractivity contribution in [3.8, 4) is 0 Å². The Kier molecular flexibility index (Phi) is 2.75. The molecule has 1 atom stereocenters. The lowest BCUT2D eigenvalue weighted by atomic mass is 10.0. The summed E-state index contributed by atoms with van der Waals surface area (Å²) in [4.78, 5) is 0. The van der Waals surface area contributed by atoms with Gasteiger partial charge in [0, 0.05) is 11.7 Å². The molecule has 0 amide bonds. The molecule has 0 heterocycles. The number of allylic oxidation sites excluding steroid dienone is 1. The zero-order chi connectivity index (χ0) is 7.40. The van der Waals surface area contributed by atoms with Gasteiger partial charge in [0.1, 0.15) is 0 Å². The average molecular weight is 140 g/mol. The van der Waals surface area contributed by atoms with Gasteiger partial charge in [-0.15, -0.1) is 0 Å². The molecule has 0 saturated heterocycles. The summed E-state index contributed by atoms with van der Waals surface area (Å²) in [5.74, 6) is 0. The molecule has 10 heavy (non-hydrogen) atoms. The first-order valence-corrected chi connectivity index (χ1v) is 3.99. The minimum absolute atomic E-state index is 0.346. The van der Waals surface area contributed by atoms with Gasteiger partial charge >= 0.3 is 0 Å². The summed E-state index contributed by atoms with van der Waals surface area (Å²) in [7, 11) is 0. The molecule has 0 saturated carbocycles. The first kappa shape index (κ1) is 7.61. The van der Waals surface area contributed by atoms with Gasteiger partial charge in [0.15, 0.2) is 0 Å². The maximum Gasteiger partial charge on any atom is 0.00741 e. The van der Waals surface area contributed by atoms with E-state index in [0.717, 1.165) is 25.0 Å². The highest BCUT2D eigenvalue weighted by Gasteiger charge is 2.04. The van der Waals surface area contributed by atoms with Crippen LogP contribution in [0.15, 0.2) is 11.8 Å². The number of rotatable bonds is 0. The molecule has 0 spiro atoms. The molecule has 1 unspecified atom stereocenters. The molecule has 2 nitrogen and oxygen atoms in total. The predicted molar refractivity (Wildman–Crippen MR) is 43.3 cm³/mol. The van der Waals surface area contributed by atoms with Crippen LogP contribution in [-0.2, 0) is 0 Å². The van der Waals surface area contributed by atoms with Crippen LogP contribution in [0.1, 0.15) is 32.1 Å². The lowest BCUT2D eigenvalue weighted by Crippen LogP contribution is -2.20. The van der Waals surface area contributed by atoms with Crippen LogP contribution >= 0.6 is 0 Å². The molecule has 0 aromatic rings. The average Bonchev–Trinajstić information content (AvgIpc) is 1.90. The lowest BCUT2D eigenvalue weighted by Gasteiger charge is -2.12. The zero-order valence-corrected chi connectivity index (χ0v) is 6.34. The van der Waals surface area contributed by atoms with E-state index in [1.807, 2.05) is 0 Å². The summed E-state index contributed by atoms with van der Waals surface area (Å²) >= 11 is 0.